The van der Waals surface area contributed by atoms with Crippen molar-refractivity contribution in [2.45, 2.75) is 27.2 Å². The first-order chi connectivity index (χ1) is 14.4. The van der Waals surface area contributed by atoms with E-state index in [4.69, 9.17) is 21.1 Å². The molecular formula is C24H29ClN2O3. The molecule has 0 bridgehead atoms. The van der Waals surface area contributed by atoms with Crippen LogP contribution in [0.3, 0.4) is 0 Å². The molecule has 2 aliphatic heterocycles. The van der Waals surface area contributed by atoms with Crippen LogP contribution in [0.2, 0.25) is 5.02 Å². The fourth-order valence-corrected chi connectivity index (χ4v) is 4.59. The number of carbonyl (C=O) groups is 1. The molecule has 0 radical (unpaired) electrons. The van der Waals surface area contributed by atoms with Crippen LogP contribution < -0.4 is 9.80 Å². The zero-order valence-electron chi connectivity index (χ0n) is 17.9. The Morgan fingerprint density at radius 3 is 2.60 bits per heavy atom. The molecule has 2 aromatic carbocycles. The topological polar surface area (TPSA) is 42.0 Å². The summed E-state index contributed by atoms with van der Waals surface area (Å²) in [5, 5.41) is 0.724. The summed E-state index contributed by atoms with van der Waals surface area (Å²) in [6.45, 7) is 10.8. The third kappa shape index (κ3) is 4.42. The molecule has 0 spiro atoms. The number of rotatable bonds is 4. The van der Waals surface area contributed by atoms with E-state index in [1.807, 2.05) is 37.3 Å². The normalized spacial score (nSPS) is 18.1. The Morgan fingerprint density at radius 1 is 1.13 bits per heavy atom. The van der Waals surface area contributed by atoms with Gasteiger partial charge >= 0.3 is 5.97 Å². The van der Waals surface area contributed by atoms with Crippen LogP contribution in [0.1, 0.15) is 36.7 Å². The van der Waals surface area contributed by atoms with Crippen LogP contribution in [0, 0.1) is 5.41 Å². The third-order valence-electron chi connectivity index (χ3n) is 5.69. The summed E-state index contributed by atoms with van der Waals surface area (Å²) in [4.78, 5) is 16.9. The Bertz CT molecular complexity index is 938. The van der Waals surface area contributed by atoms with E-state index in [1.165, 1.54) is 0 Å². The van der Waals surface area contributed by atoms with Crippen molar-refractivity contribution in [3.05, 3.63) is 52.5 Å². The molecule has 0 saturated carbocycles. The highest BCUT2D eigenvalue weighted by Gasteiger charge is 2.32. The highest BCUT2D eigenvalue weighted by atomic mass is 35.5. The van der Waals surface area contributed by atoms with Gasteiger partial charge in [-0.25, -0.2) is 4.79 Å². The van der Waals surface area contributed by atoms with Gasteiger partial charge in [0.25, 0.3) is 0 Å². The van der Waals surface area contributed by atoms with Gasteiger partial charge in [0.2, 0.25) is 0 Å². The molecule has 0 atom stereocenters. The van der Waals surface area contributed by atoms with Crippen LogP contribution in [0.5, 0.6) is 0 Å². The number of hydrogen-bond donors (Lipinski definition) is 0. The highest BCUT2D eigenvalue weighted by molar-refractivity contribution is 6.31. The average Bonchev–Trinajstić information content (AvgIpc) is 2.72. The number of esters is 1. The van der Waals surface area contributed by atoms with Gasteiger partial charge in [0, 0.05) is 41.7 Å². The van der Waals surface area contributed by atoms with E-state index in [0.29, 0.717) is 12.2 Å². The van der Waals surface area contributed by atoms with Crippen molar-refractivity contribution in [1.29, 1.82) is 0 Å². The molecule has 0 aliphatic carbocycles. The van der Waals surface area contributed by atoms with Gasteiger partial charge < -0.3 is 19.3 Å². The molecule has 0 amide bonds. The van der Waals surface area contributed by atoms with E-state index in [2.05, 4.69) is 29.7 Å². The van der Waals surface area contributed by atoms with E-state index in [9.17, 15) is 4.79 Å². The Labute approximate surface area is 183 Å². The largest absolute Gasteiger partial charge is 0.462 e. The van der Waals surface area contributed by atoms with E-state index in [-0.39, 0.29) is 11.4 Å². The quantitative estimate of drug-likeness (QED) is 0.635. The standard InChI is InChI=1S/C24H29ClN2O3/c1-4-30-23(28)17-5-6-22-18(11-17)15-24(2,3)16-27(22)21-13-19(25)12-20(14-21)26-7-9-29-10-8-26/h5-6,11-14H,4,7-10,15-16H2,1-3H3. The van der Waals surface area contributed by atoms with Gasteiger partial charge in [0.05, 0.1) is 25.4 Å². The summed E-state index contributed by atoms with van der Waals surface area (Å²) in [5.74, 6) is -0.271. The van der Waals surface area contributed by atoms with Crippen molar-refractivity contribution in [2.24, 2.45) is 5.41 Å². The number of anilines is 3. The lowest BCUT2D eigenvalue weighted by molar-refractivity contribution is 0.0526. The maximum absolute atomic E-state index is 12.2. The number of carbonyl (C=O) groups excluding carboxylic acids is 1. The maximum atomic E-state index is 12.2. The number of nitrogens with zero attached hydrogens (tertiary/aromatic N) is 2. The summed E-state index contributed by atoms with van der Waals surface area (Å²) in [7, 11) is 0. The van der Waals surface area contributed by atoms with Crippen molar-refractivity contribution in [3.63, 3.8) is 0 Å². The van der Waals surface area contributed by atoms with Crippen LogP contribution in [-0.4, -0.2) is 45.4 Å². The van der Waals surface area contributed by atoms with Gasteiger partial charge in [-0.3, -0.25) is 0 Å². The van der Waals surface area contributed by atoms with Crippen molar-refractivity contribution < 1.29 is 14.3 Å². The van der Waals surface area contributed by atoms with Crippen LogP contribution in [0.15, 0.2) is 36.4 Å². The van der Waals surface area contributed by atoms with Gasteiger partial charge in [0.1, 0.15) is 0 Å². The van der Waals surface area contributed by atoms with Crippen molar-refractivity contribution in [3.8, 4) is 0 Å². The van der Waals surface area contributed by atoms with E-state index >= 15 is 0 Å². The molecule has 2 aromatic rings. The van der Waals surface area contributed by atoms with Gasteiger partial charge in [-0.1, -0.05) is 25.4 Å². The predicted molar refractivity (Wildman–Crippen MR) is 121 cm³/mol. The number of ether oxygens (including phenoxy) is 2. The van der Waals surface area contributed by atoms with Crippen molar-refractivity contribution >= 4 is 34.6 Å². The minimum absolute atomic E-state index is 0.0573. The summed E-state index contributed by atoms with van der Waals surface area (Å²) in [6.07, 6.45) is 0.906. The van der Waals surface area contributed by atoms with Gasteiger partial charge in [-0.05, 0) is 60.7 Å². The molecule has 1 saturated heterocycles. The zero-order valence-corrected chi connectivity index (χ0v) is 18.7. The van der Waals surface area contributed by atoms with Crippen LogP contribution >= 0.6 is 11.6 Å². The molecular weight excluding hydrogens is 400 g/mol. The minimum atomic E-state index is -0.271. The molecule has 5 nitrogen and oxygen atoms in total. The molecule has 0 aromatic heterocycles. The summed E-state index contributed by atoms with van der Waals surface area (Å²) < 4.78 is 10.7. The van der Waals surface area contributed by atoms with E-state index in [0.717, 1.165) is 66.9 Å². The number of benzene rings is 2. The lowest BCUT2D eigenvalue weighted by Crippen LogP contribution is -2.38. The smallest absolute Gasteiger partial charge is 0.338 e. The van der Waals surface area contributed by atoms with E-state index in [1.54, 1.807) is 0 Å². The molecule has 4 rings (SSSR count). The zero-order chi connectivity index (χ0) is 21.3. The number of halogens is 1. The predicted octanol–water partition coefficient (Wildman–Crippen LogP) is 5.07. The second-order valence-electron chi connectivity index (χ2n) is 8.76. The Kier molecular flexibility index (Phi) is 5.94. The van der Waals surface area contributed by atoms with E-state index < -0.39 is 0 Å². The van der Waals surface area contributed by atoms with Crippen molar-refractivity contribution in [2.75, 3.05) is 49.3 Å². The van der Waals surface area contributed by atoms with Gasteiger partial charge in [-0.15, -0.1) is 0 Å². The highest BCUT2D eigenvalue weighted by Crippen LogP contribution is 2.42. The summed E-state index contributed by atoms with van der Waals surface area (Å²) in [5.41, 5.74) is 5.13. The molecule has 160 valence electrons. The molecule has 1 fully saturated rings. The minimum Gasteiger partial charge on any atom is -0.462 e. The Morgan fingerprint density at radius 2 is 1.87 bits per heavy atom. The first-order valence-corrected chi connectivity index (χ1v) is 10.9. The SMILES string of the molecule is CCOC(=O)c1ccc2c(c1)CC(C)(C)CN2c1cc(Cl)cc(N2CCOCC2)c1. The molecule has 0 unspecified atom stereocenters. The van der Waals surface area contributed by atoms with Crippen LogP contribution in [0.4, 0.5) is 17.1 Å². The Hall–Kier alpha value is -2.24. The summed E-state index contributed by atoms with van der Waals surface area (Å²) >= 11 is 6.54. The fourth-order valence-electron chi connectivity index (χ4n) is 4.37. The number of morpholine rings is 1. The first kappa shape index (κ1) is 21.0. The number of fused-ring (bicyclic) bond motifs is 1. The van der Waals surface area contributed by atoms with Gasteiger partial charge in [0.15, 0.2) is 0 Å². The monoisotopic (exact) mass is 428 g/mol. The second-order valence-corrected chi connectivity index (χ2v) is 9.19. The lowest BCUT2D eigenvalue weighted by atomic mass is 9.80. The molecule has 0 N–H and O–H groups in total. The van der Waals surface area contributed by atoms with Crippen LogP contribution in [-0.2, 0) is 15.9 Å². The fraction of sp³-hybridized carbons (Fsp3) is 0.458. The van der Waals surface area contributed by atoms with Gasteiger partial charge in [-0.2, -0.15) is 0 Å². The number of hydrogen-bond acceptors (Lipinski definition) is 5. The molecule has 2 aliphatic rings. The summed E-state index contributed by atoms with van der Waals surface area (Å²) in [6, 6.07) is 12.1. The van der Waals surface area contributed by atoms with Crippen molar-refractivity contribution in [1.82, 2.24) is 0 Å². The molecule has 6 heteroatoms. The first-order valence-electron chi connectivity index (χ1n) is 10.6. The average molecular weight is 429 g/mol. The van der Waals surface area contributed by atoms with Crippen LogP contribution in [0.25, 0.3) is 0 Å². The molecule has 30 heavy (non-hydrogen) atoms. The lowest BCUT2D eigenvalue weighted by Gasteiger charge is -2.41. The maximum Gasteiger partial charge on any atom is 0.338 e. The second kappa shape index (κ2) is 8.48. The molecule has 2 heterocycles. The third-order valence-corrected chi connectivity index (χ3v) is 5.91. The Balaban J connectivity index is 1.73.